The molecule has 0 amide bonds. The van der Waals surface area contributed by atoms with Gasteiger partial charge in [0, 0.05) is 35.6 Å². The van der Waals surface area contributed by atoms with Crippen molar-refractivity contribution in [2.75, 3.05) is 45.5 Å². The number of benzene rings is 2. The number of hydrogen-bond donors (Lipinski definition) is 1. The first-order valence-electron chi connectivity index (χ1n) is 10.2. The van der Waals surface area contributed by atoms with Crippen molar-refractivity contribution < 1.29 is 23.3 Å². The third-order valence-corrected chi connectivity index (χ3v) is 6.12. The zero-order valence-electron chi connectivity index (χ0n) is 17.4. The summed E-state index contributed by atoms with van der Waals surface area (Å²) in [4.78, 5) is 10.9. The highest BCUT2D eigenvalue weighted by atomic mass is 79.9. The van der Waals surface area contributed by atoms with E-state index in [1.54, 1.807) is 25.3 Å². The Bertz CT molecular complexity index is 1120. The molecular weight excluding hydrogens is 483 g/mol. The third-order valence-electron chi connectivity index (χ3n) is 5.63. The highest BCUT2D eigenvalue weighted by molar-refractivity contribution is 9.10. The second-order valence-corrected chi connectivity index (χ2v) is 8.54. The zero-order chi connectivity index (χ0) is 22.1. The van der Waals surface area contributed by atoms with E-state index in [0.717, 1.165) is 19.6 Å². The predicted octanol–water partition coefficient (Wildman–Crippen LogP) is 3.72. The summed E-state index contributed by atoms with van der Waals surface area (Å²) in [5, 5.41) is 3.73. The molecule has 0 aliphatic carbocycles. The SMILES string of the molecule is COc1cc2c(Nc3ccc(Br)cc3F)ncnc2cc1OCCN1C[C@@H]2OCO[C@@H]2C1. The van der Waals surface area contributed by atoms with Gasteiger partial charge >= 0.3 is 0 Å². The molecule has 1 N–H and O–H groups in total. The van der Waals surface area contributed by atoms with E-state index in [9.17, 15) is 4.39 Å². The predicted molar refractivity (Wildman–Crippen MR) is 120 cm³/mol. The Balaban J connectivity index is 1.32. The van der Waals surface area contributed by atoms with Crippen LogP contribution in [0.2, 0.25) is 0 Å². The largest absolute Gasteiger partial charge is 0.493 e. The molecule has 2 aliphatic rings. The summed E-state index contributed by atoms with van der Waals surface area (Å²) < 4.78 is 37.6. The van der Waals surface area contributed by atoms with E-state index in [1.165, 1.54) is 12.4 Å². The molecule has 1 aromatic heterocycles. The number of anilines is 2. The lowest BCUT2D eigenvalue weighted by Crippen LogP contribution is -2.28. The monoisotopic (exact) mass is 504 g/mol. The molecule has 10 heteroatoms. The van der Waals surface area contributed by atoms with Crippen molar-refractivity contribution in [1.82, 2.24) is 14.9 Å². The quantitative estimate of drug-likeness (QED) is 0.521. The number of aromatic nitrogens is 2. The van der Waals surface area contributed by atoms with E-state index in [4.69, 9.17) is 18.9 Å². The molecule has 3 aromatic rings. The van der Waals surface area contributed by atoms with Crippen LogP contribution in [0.1, 0.15) is 0 Å². The van der Waals surface area contributed by atoms with Crippen molar-refractivity contribution in [2.45, 2.75) is 12.2 Å². The van der Waals surface area contributed by atoms with E-state index in [2.05, 4.69) is 36.1 Å². The first-order chi connectivity index (χ1) is 15.6. The Kier molecular flexibility index (Phi) is 6.09. The lowest BCUT2D eigenvalue weighted by atomic mass is 10.2. The summed E-state index contributed by atoms with van der Waals surface area (Å²) in [6.07, 6.45) is 1.74. The molecule has 0 spiro atoms. The number of nitrogens with one attached hydrogen (secondary N) is 1. The molecule has 3 heterocycles. The van der Waals surface area contributed by atoms with Crippen molar-refractivity contribution in [3.05, 3.63) is 46.9 Å². The van der Waals surface area contributed by atoms with Gasteiger partial charge in [-0.1, -0.05) is 15.9 Å². The molecule has 0 unspecified atom stereocenters. The minimum Gasteiger partial charge on any atom is -0.493 e. The van der Waals surface area contributed by atoms with Gasteiger partial charge in [0.2, 0.25) is 0 Å². The lowest BCUT2D eigenvalue weighted by Gasteiger charge is -2.18. The van der Waals surface area contributed by atoms with E-state index < -0.39 is 0 Å². The fourth-order valence-electron chi connectivity index (χ4n) is 3.97. The maximum atomic E-state index is 14.3. The summed E-state index contributed by atoms with van der Waals surface area (Å²) in [6, 6.07) is 8.40. The average molecular weight is 505 g/mol. The molecule has 2 saturated heterocycles. The van der Waals surface area contributed by atoms with Gasteiger partial charge in [0.25, 0.3) is 0 Å². The minimum absolute atomic E-state index is 0.156. The van der Waals surface area contributed by atoms with Crippen molar-refractivity contribution in [3.8, 4) is 11.5 Å². The average Bonchev–Trinajstić information content (AvgIpc) is 3.37. The van der Waals surface area contributed by atoms with Crippen molar-refractivity contribution in [2.24, 2.45) is 0 Å². The van der Waals surface area contributed by atoms with Gasteiger partial charge in [0.05, 0.1) is 18.3 Å². The molecule has 5 rings (SSSR count). The van der Waals surface area contributed by atoms with Gasteiger partial charge in [-0.2, -0.15) is 0 Å². The molecule has 2 aliphatic heterocycles. The fraction of sp³-hybridized carbons (Fsp3) is 0.364. The normalized spacial score (nSPS) is 20.5. The van der Waals surface area contributed by atoms with Crippen LogP contribution in [0.5, 0.6) is 11.5 Å². The summed E-state index contributed by atoms with van der Waals surface area (Å²) >= 11 is 3.26. The van der Waals surface area contributed by atoms with E-state index >= 15 is 0 Å². The first-order valence-corrected chi connectivity index (χ1v) is 11.0. The van der Waals surface area contributed by atoms with Crippen LogP contribution in [0.15, 0.2) is 41.1 Å². The van der Waals surface area contributed by atoms with Gasteiger partial charge < -0.3 is 24.3 Å². The molecule has 8 nitrogen and oxygen atoms in total. The smallest absolute Gasteiger partial charge is 0.163 e. The number of hydrogen-bond acceptors (Lipinski definition) is 8. The standard InChI is InChI=1S/C22H22BrFN4O4/c1-29-18-7-14-17(25-11-26-22(14)27-16-3-2-13(23)6-15(16)24)8-19(18)30-5-4-28-9-20-21(10-28)32-12-31-20/h2-3,6-8,11,20-21H,4-5,9-10,12H2,1H3,(H,25,26,27)/t20-,21+. The Morgan fingerprint density at radius 1 is 1.16 bits per heavy atom. The fourth-order valence-corrected chi connectivity index (χ4v) is 4.31. The Labute approximate surface area is 192 Å². The van der Waals surface area contributed by atoms with Crippen LogP contribution in [0.3, 0.4) is 0 Å². The van der Waals surface area contributed by atoms with Crippen molar-refractivity contribution in [3.63, 3.8) is 0 Å². The molecule has 32 heavy (non-hydrogen) atoms. The van der Waals surface area contributed by atoms with Crippen LogP contribution in [-0.2, 0) is 9.47 Å². The molecule has 2 aromatic carbocycles. The van der Waals surface area contributed by atoms with E-state index in [1.807, 2.05) is 6.07 Å². The Hall–Kier alpha value is -2.53. The summed E-state index contributed by atoms with van der Waals surface area (Å²) in [6.45, 7) is 3.32. The Morgan fingerprint density at radius 3 is 2.72 bits per heavy atom. The van der Waals surface area contributed by atoms with Gasteiger partial charge in [-0.3, -0.25) is 4.90 Å². The highest BCUT2D eigenvalue weighted by Crippen LogP contribution is 2.35. The maximum absolute atomic E-state index is 14.3. The molecule has 2 fully saturated rings. The van der Waals surface area contributed by atoms with Crippen LogP contribution in [0.4, 0.5) is 15.9 Å². The van der Waals surface area contributed by atoms with E-state index in [0.29, 0.717) is 51.8 Å². The van der Waals surface area contributed by atoms with Gasteiger partial charge in [0.1, 0.15) is 43.6 Å². The second kappa shape index (κ2) is 9.14. The molecule has 168 valence electrons. The number of nitrogens with zero attached hydrogens (tertiary/aromatic N) is 3. The number of ether oxygens (including phenoxy) is 4. The molecule has 0 radical (unpaired) electrons. The summed E-state index contributed by atoms with van der Waals surface area (Å²) in [5.41, 5.74) is 0.976. The zero-order valence-corrected chi connectivity index (χ0v) is 19.0. The number of likely N-dealkylation sites (tertiary alicyclic amines) is 1. The highest BCUT2D eigenvalue weighted by Gasteiger charge is 2.38. The maximum Gasteiger partial charge on any atom is 0.163 e. The van der Waals surface area contributed by atoms with Crippen molar-refractivity contribution >= 4 is 38.3 Å². The number of fused-ring (bicyclic) bond motifs is 2. The Morgan fingerprint density at radius 2 is 1.97 bits per heavy atom. The van der Waals surface area contributed by atoms with E-state index in [-0.39, 0.29) is 18.0 Å². The first kappa shape index (κ1) is 21.3. The van der Waals surface area contributed by atoms with Gasteiger partial charge in [-0.25, -0.2) is 14.4 Å². The molecule has 2 atom stereocenters. The third kappa shape index (κ3) is 4.36. The second-order valence-electron chi connectivity index (χ2n) is 7.63. The number of halogens is 2. The van der Waals surface area contributed by atoms with Gasteiger partial charge in [0.15, 0.2) is 11.5 Å². The summed E-state index contributed by atoms with van der Waals surface area (Å²) in [7, 11) is 1.58. The van der Waals surface area contributed by atoms with Gasteiger partial charge in [-0.05, 0) is 24.3 Å². The van der Waals surface area contributed by atoms with Crippen LogP contribution >= 0.6 is 15.9 Å². The topological polar surface area (TPSA) is 78.0 Å². The minimum atomic E-state index is -0.389. The number of rotatable bonds is 7. The molecule has 0 saturated carbocycles. The molecular formula is C22H22BrFN4O4. The van der Waals surface area contributed by atoms with Gasteiger partial charge in [-0.15, -0.1) is 0 Å². The van der Waals surface area contributed by atoms with Crippen LogP contribution in [-0.4, -0.2) is 67.2 Å². The lowest BCUT2D eigenvalue weighted by molar-refractivity contribution is 0.0140. The van der Waals surface area contributed by atoms with Crippen LogP contribution in [0.25, 0.3) is 10.9 Å². The molecule has 0 bridgehead atoms. The number of methoxy groups -OCH3 is 1. The van der Waals surface area contributed by atoms with Crippen LogP contribution < -0.4 is 14.8 Å². The van der Waals surface area contributed by atoms with Crippen molar-refractivity contribution in [1.29, 1.82) is 0 Å². The summed E-state index contributed by atoms with van der Waals surface area (Å²) in [5.74, 6) is 1.23. The van der Waals surface area contributed by atoms with Crippen LogP contribution in [0, 0.1) is 5.82 Å².